The number of amides is 1. The first kappa shape index (κ1) is 15.6. The highest BCUT2D eigenvalue weighted by Gasteiger charge is 2.26. The lowest BCUT2D eigenvalue weighted by Crippen LogP contribution is -2.27. The third kappa shape index (κ3) is 2.82. The summed E-state index contributed by atoms with van der Waals surface area (Å²) in [5.41, 5.74) is 10.5. The van der Waals surface area contributed by atoms with Crippen LogP contribution in [0.25, 0.3) is 10.9 Å². The number of hydrogen-bond donors (Lipinski definition) is 1. The molecule has 0 atom stereocenters. The lowest BCUT2D eigenvalue weighted by atomic mass is 10.1. The van der Waals surface area contributed by atoms with Gasteiger partial charge in [0.25, 0.3) is 5.91 Å². The first-order valence-electron chi connectivity index (χ1n) is 8.58. The number of nitrogen functional groups attached to an aromatic ring is 1. The number of nitrogens with two attached hydrogens (primary N) is 1. The molecule has 1 aliphatic heterocycles. The summed E-state index contributed by atoms with van der Waals surface area (Å²) in [4.78, 5) is 23.5. The van der Waals surface area contributed by atoms with Crippen molar-refractivity contribution < 1.29 is 4.79 Å². The molecule has 0 unspecified atom stereocenters. The fourth-order valence-electron chi connectivity index (χ4n) is 3.43. The van der Waals surface area contributed by atoms with Crippen LogP contribution in [0, 0.1) is 0 Å². The van der Waals surface area contributed by atoms with Gasteiger partial charge in [0.15, 0.2) is 0 Å². The second-order valence-corrected chi connectivity index (χ2v) is 6.46. The van der Waals surface area contributed by atoms with Gasteiger partial charge in [0.1, 0.15) is 5.69 Å². The van der Waals surface area contributed by atoms with Crippen LogP contribution >= 0.6 is 0 Å². The highest BCUT2D eigenvalue weighted by atomic mass is 16.2. The molecular formula is C20H20N4O. The Kier molecular flexibility index (Phi) is 3.84. The van der Waals surface area contributed by atoms with Crippen LogP contribution in [0.1, 0.15) is 40.5 Å². The molecule has 3 aromatic rings. The summed E-state index contributed by atoms with van der Waals surface area (Å²) in [7, 11) is 0. The number of hydrogen-bond acceptors (Lipinski definition) is 4. The van der Waals surface area contributed by atoms with Gasteiger partial charge in [-0.05, 0) is 35.2 Å². The molecule has 0 aliphatic carbocycles. The average Bonchev–Trinajstić information content (AvgIpc) is 3.05. The van der Waals surface area contributed by atoms with Gasteiger partial charge in [-0.15, -0.1) is 0 Å². The van der Waals surface area contributed by atoms with E-state index in [2.05, 4.69) is 29.0 Å². The van der Waals surface area contributed by atoms with Crippen molar-refractivity contribution in [3.05, 3.63) is 64.8 Å². The Morgan fingerprint density at radius 2 is 1.84 bits per heavy atom. The minimum Gasteiger partial charge on any atom is -0.368 e. The summed E-state index contributed by atoms with van der Waals surface area (Å²) >= 11 is 0. The fraction of sp³-hybridized carbons (Fsp3) is 0.250. The second-order valence-electron chi connectivity index (χ2n) is 6.46. The maximum absolute atomic E-state index is 13.1. The Morgan fingerprint density at radius 1 is 1.12 bits per heavy atom. The summed E-state index contributed by atoms with van der Waals surface area (Å²) in [6, 6.07) is 14.1. The molecule has 5 nitrogen and oxygen atoms in total. The minimum absolute atomic E-state index is 0.0936. The highest BCUT2D eigenvalue weighted by molar-refractivity contribution is 6.05. The van der Waals surface area contributed by atoms with Crippen molar-refractivity contribution in [3.63, 3.8) is 0 Å². The number of nitrogens with zero attached hydrogens (tertiary/aromatic N) is 3. The van der Waals surface area contributed by atoms with Crippen LogP contribution in [0.15, 0.2) is 42.5 Å². The molecule has 0 fully saturated rings. The van der Waals surface area contributed by atoms with Crippen molar-refractivity contribution in [3.8, 4) is 0 Å². The van der Waals surface area contributed by atoms with E-state index in [0.29, 0.717) is 24.3 Å². The van der Waals surface area contributed by atoms with Crippen molar-refractivity contribution >= 4 is 22.8 Å². The molecule has 1 aromatic heterocycles. The van der Waals surface area contributed by atoms with Gasteiger partial charge in [0.05, 0.1) is 5.52 Å². The maximum atomic E-state index is 13.1. The Balaban J connectivity index is 1.75. The number of benzene rings is 2. The van der Waals surface area contributed by atoms with Gasteiger partial charge in [-0.1, -0.05) is 43.7 Å². The molecule has 5 heteroatoms. The standard InChI is InChI=1S/C20H20N4O/c1-2-5-13-8-9-17-16(10-13)18(23-20(21)22-17)19(25)24-11-14-6-3-4-7-15(14)12-24/h3-4,6-10H,2,5,11-12H2,1H3,(H2,21,22,23). The van der Waals surface area contributed by atoms with Crippen molar-refractivity contribution in [2.45, 2.75) is 32.9 Å². The van der Waals surface area contributed by atoms with E-state index in [1.54, 1.807) is 0 Å². The van der Waals surface area contributed by atoms with E-state index in [9.17, 15) is 4.79 Å². The van der Waals surface area contributed by atoms with E-state index in [1.807, 2.05) is 35.2 Å². The van der Waals surface area contributed by atoms with Crippen LogP contribution in [0.5, 0.6) is 0 Å². The van der Waals surface area contributed by atoms with Gasteiger partial charge in [-0.3, -0.25) is 4.79 Å². The van der Waals surface area contributed by atoms with Gasteiger partial charge in [0.2, 0.25) is 5.95 Å². The van der Waals surface area contributed by atoms with E-state index in [4.69, 9.17) is 5.73 Å². The molecular weight excluding hydrogens is 312 g/mol. The zero-order valence-electron chi connectivity index (χ0n) is 14.2. The van der Waals surface area contributed by atoms with E-state index in [-0.39, 0.29) is 11.9 Å². The van der Waals surface area contributed by atoms with E-state index < -0.39 is 0 Å². The van der Waals surface area contributed by atoms with E-state index in [1.165, 1.54) is 16.7 Å². The molecule has 0 saturated heterocycles. The number of anilines is 1. The van der Waals surface area contributed by atoms with E-state index >= 15 is 0 Å². The molecule has 4 rings (SSSR count). The number of carbonyl (C=O) groups is 1. The number of aryl methyl sites for hydroxylation is 1. The second kappa shape index (κ2) is 6.16. The molecule has 0 radical (unpaired) electrons. The van der Waals surface area contributed by atoms with Crippen LogP contribution in [0.2, 0.25) is 0 Å². The summed E-state index contributed by atoms with van der Waals surface area (Å²) in [6.45, 7) is 3.35. The maximum Gasteiger partial charge on any atom is 0.273 e. The van der Waals surface area contributed by atoms with Crippen LogP contribution in [0.4, 0.5) is 5.95 Å². The number of aromatic nitrogens is 2. The largest absolute Gasteiger partial charge is 0.368 e. The topological polar surface area (TPSA) is 72.1 Å². The van der Waals surface area contributed by atoms with Crippen LogP contribution in [-0.4, -0.2) is 20.8 Å². The van der Waals surface area contributed by atoms with Gasteiger partial charge in [-0.25, -0.2) is 9.97 Å². The molecule has 126 valence electrons. The predicted molar refractivity (Wildman–Crippen MR) is 98.0 cm³/mol. The average molecular weight is 332 g/mol. The fourth-order valence-corrected chi connectivity index (χ4v) is 3.43. The molecule has 25 heavy (non-hydrogen) atoms. The van der Waals surface area contributed by atoms with Gasteiger partial charge < -0.3 is 10.6 Å². The number of fused-ring (bicyclic) bond motifs is 2. The third-order valence-corrected chi connectivity index (χ3v) is 4.65. The predicted octanol–water partition coefficient (Wildman–Crippen LogP) is 3.32. The smallest absolute Gasteiger partial charge is 0.273 e. The van der Waals surface area contributed by atoms with Crippen LogP contribution in [0.3, 0.4) is 0 Å². The van der Waals surface area contributed by atoms with E-state index in [0.717, 1.165) is 18.2 Å². The van der Waals surface area contributed by atoms with Crippen molar-refractivity contribution in [2.75, 3.05) is 5.73 Å². The summed E-state index contributed by atoms with van der Waals surface area (Å²) < 4.78 is 0. The molecule has 2 aromatic carbocycles. The van der Waals surface area contributed by atoms with Gasteiger partial charge in [-0.2, -0.15) is 0 Å². The van der Waals surface area contributed by atoms with Crippen molar-refractivity contribution in [1.82, 2.24) is 14.9 Å². The summed E-state index contributed by atoms with van der Waals surface area (Å²) in [5, 5.41) is 0.779. The molecule has 0 saturated carbocycles. The van der Waals surface area contributed by atoms with Crippen LogP contribution < -0.4 is 5.73 Å². The zero-order valence-corrected chi connectivity index (χ0v) is 14.2. The molecule has 1 aliphatic rings. The number of carbonyl (C=O) groups excluding carboxylic acids is 1. The van der Waals surface area contributed by atoms with Gasteiger partial charge in [0, 0.05) is 18.5 Å². The first-order chi connectivity index (χ1) is 12.2. The molecule has 0 bridgehead atoms. The van der Waals surface area contributed by atoms with Crippen LogP contribution in [-0.2, 0) is 19.5 Å². The Hall–Kier alpha value is -2.95. The summed E-state index contributed by atoms with van der Waals surface area (Å²) in [5.74, 6) is 0.0414. The minimum atomic E-state index is -0.0936. The monoisotopic (exact) mass is 332 g/mol. The molecule has 0 spiro atoms. The lowest BCUT2D eigenvalue weighted by Gasteiger charge is -2.16. The molecule has 2 N–H and O–H groups in total. The highest BCUT2D eigenvalue weighted by Crippen LogP contribution is 2.26. The first-order valence-corrected chi connectivity index (χ1v) is 8.58. The quantitative estimate of drug-likeness (QED) is 0.798. The Labute approximate surface area is 146 Å². The lowest BCUT2D eigenvalue weighted by molar-refractivity contribution is 0.0747. The third-order valence-electron chi connectivity index (χ3n) is 4.65. The summed E-state index contributed by atoms with van der Waals surface area (Å²) in [6.07, 6.45) is 2.01. The van der Waals surface area contributed by atoms with Crippen molar-refractivity contribution in [2.24, 2.45) is 0 Å². The normalized spacial score (nSPS) is 13.2. The number of rotatable bonds is 3. The zero-order chi connectivity index (χ0) is 17.4. The van der Waals surface area contributed by atoms with Gasteiger partial charge >= 0.3 is 0 Å². The SMILES string of the molecule is CCCc1ccc2nc(N)nc(C(=O)N3Cc4ccccc4C3)c2c1. The Morgan fingerprint density at radius 3 is 2.52 bits per heavy atom. The van der Waals surface area contributed by atoms with Crippen molar-refractivity contribution in [1.29, 1.82) is 0 Å². The Bertz CT molecular complexity index is 942. The molecule has 2 heterocycles. The molecule has 1 amide bonds.